The van der Waals surface area contributed by atoms with Crippen molar-refractivity contribution in [1.82, 2.24) is 10.2 Å². The number of hydrogen-bond acceptors (Lipinski definition) is 8. The molecule has 0 aliphatic carbocycles. The third-order valence-corrected chi connectivity index (χ3v) is 7.69. The van der Waals surface area contributed by atoms with Crippen LogP contribution in [0, 0.1) is 5.92 Å². The molecular weight excluding hydrogens is 424 g/mol. The fraction of sp³-hybridized carbons (Fsp3) is 0.600. The van der Waals surface area contributed by atoms with E-state index in [1.165, 1.54) is 31.4 Å². The molecule has 1 aliphatic rings. The molecule has 4 N–H and O–H groups in total. The number of hydrogen-bond donors (Lipinski definition) is 3. The van der Waals surface area contributed by atoms with Gasteiger partial charge in [0, 0.05) is 25.6 Å². The number of rotatable bonds is 10. The first kappa shape index (κ1) is 25.2. The summed E-state index contributed by atoms with van der Waals surface area (Å²) in [5.74, 6) is -1.35. The molecule has 1 aromatic carbocycles. The van der Waals surface area contributed by atoms with Crippen LogP contribution in [0.4, 0.5) is 0 Å². The van der Waals surface area contributed by atoms with E-state index in [1.54, 1.807) is 13.8 Å². The minimum atomic E-state index is -4.50. The van der Waals surface area contributed by atoms with E-state index in [1.807, 2.05) is 11.9 Å². The average Bonchev–Trinajstić information content (AvgIpc) is 2.71. The molecule has 3 atom stereocenters. The normalized spacial score (nSPS) is 20.8. The second kappa shape index (κ2) is 10.0. The summed E-state index contributed by atoms with van der Waals surface area (Å²) in [4.78, 5) is 26.8. The predicted molar refractivity (Wildman–Crippen MR) is 114 cm³/mol. The van der Waals surface area contributed by atoms with Gasteiger partial charge in [-0.1, -0.05) is 17.9 Å². The van der Waals surface area contributed by atoms with E-state index in [0.29, 0.717) is 18.8 Å². The minimum Gasteiger partial charge on any atom is -0.497 e. The summed E-state index contributed by atoms with van der Waals surface area (Å²) >= 11 is 0. The second-order valence-electron chi connectivity index (χ2n) is 8.21. The van der Waals surface area contributed by atoms with Crippen LogP contribution in [-0.4, -0.2) is 86.7 Å². The van der Waals surface area contributed by atoms with E-state index in [-0.39, 0.29) is 17.1 Å². The first-order valence-corrected chi connectivity index (χ1v) is 11.6. The lowest BCUT2D eigenvalue weighted by Crippen LogP contribution is -2.64. The number of nitrogens with zero attached hydrogens (tertiary/aromatic N) is 2. The number of ketones is 1. The SMILES string of the molecule is COc1ccc(S(=O)(=O)[N+](O)(CCC(=O)C2CN(C)CCN2)[C@@H](C(N)=O)C(C)C)cc1. The van der Waals surface area contributed by atoms with Crippen LogP contribution >= 0.6 is 0 Å². The van der Waals surface area contributed by atoms with Crippen molar-refractivity contribution in [3.05, 3.63) is 24.3 Å². The van der Waals surface area contributed by atoms with E-state index < -0.39 is 44.5 Å². The van der Waals surface area contributed by atoms with Gasteiger partial charge in [0.05, 0.1) is 19.6 Å². The Kier molecular flexibility index (Phi) is 8.17. The summed E-state index contributed by atoms with van der Waals surface area (Å²) in [7, 11) is -1.16. The number of nitrogens with one attached hydrogen (secondary N) is 1. The van der Waals surface area contributed by atoms with Crippen molar-refractivity contribution < 1.29 is 32.0 Å². The van der Waals surface area contributed by atoms with Crippen LogP contribution in [0.25, 0.3) is 0 Å². The molecule has 0 radical (unpaired) electrons. The number of ether oxygens (including phenoxy) is 1. The van der Waals surface area contributed by atoms with Gasteiger partial charge < -0.3 is 20.7 Å². The van der Waals surface area contributed by atoms with Crippen molar-refractivity contribution in [2.45, 2.75) is 37.2 Å². The molecule has 2 unspecified atom stereocenters. The quantitative estimate of drug-likeness (QED) is 0.329. The highest BCUT2D eigenvalue weighted by molar-refractivity contribution is 7.85. The number of carbonyl (C=O) groups is 2. The summed E-state index contributed by atoms with van der Waals surface area (Å²) in [6.45, 7) is 4.61. The molecule has 1 aliphatic heterocycles. The summed E-state index contributed by atoms with van der Waals surface area (Å²) in [6.07, 6.45) is -0.242. The first-order chi connectivity index (χ1) is 14.4. The smallest absolute Gasteiger partial charge is 0.357 e. The maximum absolute atomic E-state index is 13.5. The highest BCUT2D eigenvalue weighted by Gasteiger charge is 2.54. The van der Waals surface area contributed by atoms with Crippen LogP contribution in [0.1, 0.15) is 20.3 Å². The third-order valence-electron chi connectivity index (χ3n) is 5.58. The number of hydroxylamine groups is 2. The Balaban J connectivity index is 2.40. The maximum atomic E-state index is 13.5. The van der Waals surface area contributed by atoms with Crippen LogP contribution in [0.3, 0.4) is 0 Å². The van der Waals surface area contributed by atoms with Crippen LogP contribution in [0.5, 0.6) is 5.75 Å². The Labute approximate surface area is 183 Å². The third kappa shape index (κ3) is 5.42. The molecule has 2 rings (SSSR count). The van der Waals surface area contributed by atoms with Gasteiger partial charge in [0.15, 0.2) is 5.78 Å². The number of piperazine rings is 1. The summed E-state index contributed by atoms with van der Waals surface area (Å²) < 4.78 is 30.4. The number of sulfonamides is 1. The molecule has 1 amide bonds. The number of primary amides is 1. The number of quaternary nitrogens is 1. The van der Waals surface area contributed by atoms with Gasteiger partial charge in [-0.05, 0) is 31.3 Å². The molecule has 1 aromatic rings. The van der Waals surface area contributed by atoms with Gasteiger partial charge in [-0.2, -0.15) is 13.6 Å². The molecule has 1 saturated heterocycles. The molecule has 0 bridgehead atoms. The highest BCUT2D eigenvalue weighted by atomic mass is 32.2. The van der Waals surface area contributed by atoms with Crippen LogP contribution in [0.15, 0.2) is 29.2 Å². The first-order valence-electron chi connectivity index (χ1n) is 10.2. The zero-order valence-corrected chi connectivity index (χ0v) is 19.3. The Morgan fingerprint density at radius 1 is 1.32 bits per heavy atom. The molecule has 1 fully saturated rings. The molecule has 31 heavy (non-hydrogen) atoms. The number of likely N-dealkylation sites (N-methyl/N-ethyl adjacent to an activating group) is 1. The van der Waals surface area contributed by atoms with Crippen molar-refractivity contribution in [1.29, 1.82) is 0 Å². The van der Waals surface area contributed by atoms with Gasteiger partial charge in [-0.15, -0.1) is 0 Å². The van der Waals surface area contributed by atoms with Crippen molar-refractivity contribution >= 4 is 21.7 Å². The minimum absolute atomic E-state index is 0.203. The lowest BCUT2D eigenvalue weighted by Gasteiger charge is -2.36. The Morgan fingerprint density at radius 3 is 2.42 bits per heavy atom. The molecular formula is C20H33N4O6S+. The van der Waals surface area contributed by atoms with E-state index in [9.17, 15) is 23.2 Å². The Hall–Kier alpha value is -2.05. The average molecular weight is 458 g/mol. The molecule has 0 saturated carbocycles. The van der Waals surface area contributed by atoms with Gasteiger partial charge >= 0.3 is 10.0 Å². The zero-order chi connectivity index (χ0) is 23.4. The van der Waals surface area contributed by atoms with Gasteiger partial charge in [-0.3, -0.25) is 9.59 Å². The number of benzene rings is 1. The number of nitrogens with two attached hydrogens (primary N) is 1. The van der Waals surface area contributed by atoms with E-state index in [0.717, 1.165) is 6.54 Å². The van der Waals surface area contributed by atoms with E-state index in [2.05, 4.69) is 5.32 Å². The van der Waals surface area contributed by atoms with E-state index in [4.69, 9.17) is 10.5 Å². The Bertz CT molecular complexity index is 889. The fourth-order valence-electron chi connectivity index (χ4n) is 3.89. The van der Waals surface area contributed by atoms with Crippen LogP contribution in [-0.2, 0) is 19.6 Å². The number of Topliss-reactive ketones (excluding diaryl/α,β-unsaturated/α-hetero) is 1. The number of methoxy groups -OCH3 is 1. The lowest BCUT2D eigenvalue weighted by molar-refractivity contribution is -1.02. The lowest BCUT2D eigenvalue weighted by atomic mass is 10.0. The van der Waals surface area contributed by atoms with Crippen molar-refractivity contribution in [3.63, 3.8) is 0 Å². The van der Waals surface area contributed by atoms with Crippen molar-refractivity contribution in [2.75, 3.05) is 40.3 Å². The molecule has 11 heteroatoms. The molecule has 10 nitrogen and oxygen atoms in total. The van der Waals surface area contributed by atoms with Gasteiger partial charge in [-0.25, -0.2) is 0 Å². The van der Waals surface area contributed by atoms with Crippen molar-refractivity contribution in [2.24, 2.45) is 11.7 Å². The summed E-state index contributed by atoms with van der Waals surface area (Å²) in [5, 5.41) is 14.6. The fourth-order valence-corrected chi connectivity index (χ4v) is 5.71. The molecule has 0 aromatic heterocycles. The summed E-state index contributed by atoms with van der Waals surface area (Å²) in [6, 6.07) is 3.53. The van der Waals surface area contributed by atoms with Gasteiger partial charge in [0.1, 0.15) is 17.2 Å². The zero-order valence-electron chi connectivity index (χ0n) is 18.4. The highest BCUT2D eigenvalue weighted by Crippen LogP contribution is 2.30. The van der Waals surface area contributed by atoms with Crippen molar-refractivity contribution in [3.8, 4) is 5.75 Å². The van der Waals surface area contributed by atoms with Gasteiger partial charge in [0.25, 0.3) is 5.91 Å². The molecule has 1 heterocycles. The van der Waals surface area contributed by atoms with E-state index >= 15 is 0 Å². The maximum Gasteiger partial charge on any atom is 0.357 e. The standard InChI is InChI=1S/C20H32N4O6S/c1-14(2)19(20(21)26)24(27,12-9-18(25)17-13-23(3)11-10-22-17)31(28,29)16-7-5-15(30-4)6-8-16/h5-8,14,17,19,22,27H,9-13H2,1-4H3,(H-,21,26)/p+1/t17?,19-,24?/m1/s1. The second-order valence-corrected chi connectivity index (χ2v) is 10.3. The van der Waals surface area contributed by atoms with Crippen LogP contribution in [0.2, 0.25) is 0 Å². The molecule has 0 spiro atoms. The topological polar surface area (TPSA) is 139 Å². The Morgan fingerprint density at radius 2 is 1.94 bits per heavy atom. The predicted octanol–water partition coefficient (Wildman–Crippen LogP) is -0.0374. The largest absolute Gasteiger partial charge is 0.497 e. The number of carbonyl (C=O) groups excluding carboxylic acids is 2. The monoisotopic (exact) mass is 457 g/mol. The number of amides is 1. The molecule has 174 valence electrons. The van der Waals surface area contributed by atoms with Crippen LogP contribution < -0.4 is 15.8 Å². The summed E-state index contributed by atoms with van der Waals surface area (Å²) in [5.41, 5.74) is 5.51. The van der Waals surface area contributed by atoms with Gasteiger partial charge in [0.2, 0.25) is 6.04 Å².